The molecule has 0 atom stereocenters. The van der Waals surface area contributed by atoms with Crippen molar-refractivity contribution in [1.82, 2.24) is 9.78 Å². The molecule has 1 aliphatic rings. The van der Waals surface area contributed by atoms with Crippen LogP contribution in [0.2, 0.25) is 0 Å². The lowest BCUT2D eigenvalue weighted by molar-refractivity contribution is 0.132. The van der Waals surface area contributed by atoms with Gasteiger partial charge in [0.05, 0.1) is 17.5 Å². The van der Waals surface area contributed by atoms with E-state index in [4.69, 9.17) is 19.0 Å². The lowest BCUT2D eigenvalue weighted by Gasteiger charge is -2.07. The molecule has 3 aromatic rings. The monoisotopic (exact) mass is 383 g/mol. The van der Waals surface area contributed by atoms with Gasteiger partial charge in [-0.05, 0) is 48.9 Å². The highest BCUT2D eigenvalue weighted by molar-refractivity contribution is 5.84. The van der Waals surface area contributed by atoms with Gasteiger partial charge in [0, 0.05) is 7.05 Å². The first-order chi connectivity index (χ1) is 13.6. The Morgan fingerprint density at radius 3 is 2.79 bits per heavy atom. The molecule has 1 aromatic heterocycles. The second-order valence-corrected chi connectivity index (χ2v) is 6.18. The average Bonchev–Trinajstić information content (AvgIpc) is 3.25. The van der Waals surface area contributed by atoms with Crippen molar-refractivity contribution in [2.45, 2.75) is 13.5 Å². The van der Waals surface area contributed by atoms with Gasteiger partial charge in [-0.25, -0.2) is 9.07 Å². The fraction of sp³-hybridized carbons (Fsp3) is 0.200. The van der Waals surface area contributed by atoms with E-state index >= 15 is 0 Å². The first kappa shape index (κ1) is 17.8. The summed E-state index contributed by atoms with van der Waals surface area (Å²) in [6, 6.07) is 11.4. The Kier molecular flexibility index (Phi) is 4.84. The van der Waals surface area contributed by atoms with E-state index in [9.17, 15) is 4.39 Å². The van der Waals surface area contributed by atoms with Crippen LogP contribution in [0.3, 0.4) is 0 Å². The Labute approximate surface area is 160 Å². The Hall–Kier alpha value is -3.55. The summed E-state index contributed by atoms with van der Waals surface area (Å²) in [5.41, 5.74) is 2.32. The molecule has 2 heterocycles. The van der Waals surface area contributed by atoms with Crippen LogP contribution in [-0.4, -0.2) is 22.8 Å². The van der Waals surface area contributed by atoms with Gasteiger partial charge in [0.2, 0.25) is 12.7 Å². The summed E-state index contributed by atoms with van der Waals surface area (Å²) in [6.07, 6.45) is 1.55. The molecular formula is C20H18FN3O4. The van der Waals surface area contributed by atoms with Crippen molar-refractivity contribution in [3.8, 4) is 23.1 Å². The SMILES string of the molecule is Cc1nn(C)c(Oc2ccc(F)cc2)c1C=NOCc1ccc2c(c1)OCO2. The third-order valence-corrected chi connectivity index (χ3v) is 4.17. The van der Waals surface area contributed by atoms with E-state index in [0.717, 1.165) is 17.0 Å². The maximum Gasteiger partial charge on any atom is 0.231 e. The predicted molar refractivity (Wildman–Crippen MR) is 99.4 cm³/mol. The van der Waals surface area contributed by atoms with Gasteiger partial charge in [-0.3, -0.25) is 0 Å². The fourth-order valence-corrected chi connectivity index (χ4v) is 2.77. The normalized spacial score (nSPS) is 12.5. The molecule has 0 amide bonds. The molecule has 0 spiro atoms. The Balaban J connectivity index is 1.44. The number of halogens is 1. The minimum atomic E-state index is -0.327. The first-order valence-corrected chi connectivity index (χ1v) is 8.61. The summed E-state index contributed by atoms with van der Waals surface area (Å²) in [5, 5.41) is 8.37. The number of ether oxygens (including phenoxy) is 3. The van der Waals surface area contributed by atoms with Gasteiger partial charge < -0.3 is 19.0 Å². The van der Waals surface area contributed by atoms with E-state index in [1.807, 2.05) is 25.1 Å². The van der Waals surface area contributed by atoms with E-state index in [0.29, 0.717) is 22.9 Å². The molecule has 0 aliphatic carbocycles. The average molecular weight is 383 g/mol. The highest BCUT2D eigenvalue weighted by Crippen LogP contribution is 2.32. The second kappa shape index (κ2) is 7.59. The lowest BCUT2D eigenvalue weighted by atomic mass is 10.2. The number of nitrogens with zero attached hydrogens (tertiary/aromatic N) is 3. The van der Waals surface area contributed by atoms with Crippen LogP contribution in [0.5, 0.6) is 23.1 Å². The lowest BCUT2D eigenvalue weighted by Crippen LogP contribution is -1.97. The zero-order valence-corrected chi connectivity index (χ0v) is 15.4. The van der Waals surface area contributed by atoms with Crippen LogP contribution in [0.1, 0.15) is 16.8 Å². The van der Waals surface area contributed by atoms with Gasteiger partial charge in [-0.2, -0.15) is 5.10 Å². The number of fused-ring (bicyclic) bond motifs is 1. The van der Waals surface area contributed by atoms with E-state index in [1.54, 1.807) is 30.1 Å². The summed E-state index contributed by atoms with van der Waals surface area (Å²) in [6.45, 7) is 2.35. The number of hydrogen-bond donors (Lipinski definition) is 0. The Morgan fingerprint density at radius 2 is 1.96 bits per heavy atom. The molecule has 28 heavy (non-hydrogen) atoms. The molecule has 0 saturated carbocycles. The Bertz CT molecular complexity index is 1020. The number of aryl methyl sites for hydroxylation is 2. The molecule has 0 saturated heterocycles. The van der Waals surface area contributed by atoms with Crippen LogP contribution in [0, 0.1) is 12.7 Å². The largest absolute Gasteiger partial charge is 0.454 e. The maximum atomic E-state index is 13.1. The minimum Gasteiger partial charge on any atom is -0.454 e. The van der Waals surface area contributed by atoms with E-state index < -0.39 is 0 Å². The summed E-state index contributed by atoms with van der Waals surface area (Å²) in [5.74, 6) is 2.08. The molecule has 0 N–H and O–H groups in total. The summed E-state index contributed by atoms with van der Waals surface area (Å²) in [7, 11) is 1.76. The molecule has 1 aliphatic heterocycles. The van der Waals surface area contributed by atoms with Crippen molar-refractivity contribution in [1.29, 1.82) is 0 Å². The molecule has 8 heteroatoms. The standard InChI is InChI=1S/C20H18FN3O4/c1-13-17(20(24(2)23-13)28-16-6-4-15(21)5-7-16)10-22-27-11-14-3-8-18-19(9-14)26-12-25-18/h3-10H,11-12H2,1-2H3. The van der Waals surface area contributed by atoms with Crippen molar-refractivity contribution in [2.24, 2.45) is 12.2 Å². The number of aromatic nitrogens is 2. The van der Waals surface area contributed by atoms with Gasteiger partial charge in [0.15, 0.2) is 11.5 Å². The van der Waals surface area contributed by atoms with E-state index in [2.05, 4.69) is 10.3 Å². The quantitative estimate of drug-likeness (QED) is 0.476. The van der Waals surface area contributed by atoms with Crippen molar-refractivity contribution in [2.75, 3.05) is 6.79 Å². The number of oxime groups is 1. The third kappa shape index (κ3) is 3.75. The highest BCUT2D eigenvalue weighted by Gasteiger charge is 2.15. The second-order valence-electron chi connectivity index (χ2n) is 6.18. The first-order valence-electron chi connectivity index (χ1n) is 8.61. The zero-order valence-electron chi connectivity index (χ0n) is 15.4. The predicted octanol–water partition coefficient (Wildman–Crippen LogP) is 3.94. The molecule has 0 radical (unpaired) electrons. The highest BCUT2D eigenvalue weighted by atomic mass is 19.1. The summed E-state index contributed by atoms with van der Waals surface area (Å²) >= 11 is 0. The third-order valence-electron chi connectivity index (χ3n) is 4.17. The van der Waals surface area contributed by atoms with E-state index in [-0.39, 0.29) is 19.2 Å². The summed E-state index contributed by atoms with van der Waals surface area (Å²) < 4.78 is 31.1. The molecular weight excluding hydrogens is 365 g/mol. The molecule has 2 aromatic carbocycles. The van der Waals surface area contributed by atoms with Crippen LogP contribution in [0.4, 0.5) is 4.39 Å². The molecule has 0 bridgehead atoms. The molecule has 144 valence electrons. The van der Waals surface area contributed by atoms with Crippen LogP contribution >= 0.6 is 0 Å². The van der Waals surface area contributed by atoms with Crippen LogP contribution < -0.4 is 14.2 Å². The number of benzene rings is 2. The van der Waals surface area contributed by atoms with E-state index in [1.165, 1.54) is 12.1 Å². The smallest absolute Gasteiger partial charge is 0.231 e. The minimum absolute atomic E-state index is 0.231. The topological polar surface area (TPSA) is 67.1 Å². The van der Waals surface area contributed by atoms with Gasteiger partial charge >= 0.3 is 0 Å². The van der Waals surface area contributed by atoms with Crippen molar-refractivity contribution in [3.05, 3.63) is 65.1 Å². The van der Waals surface area contributed by atoms with Crippen molar-refractivity contribution in [3.63, 3.8) is 0 Å². The summed E-state index contributed by atoms with van der Waals surface area (Å²) in [4.78, 5) is 5.40. The van der Waals surface area contributed by atoms with Crippen LogP contribution in [0.15, 0.2) is 47.6 Å². The molecule has 0 fully saturated rings. The van der Waals surface area contributed by atoms with Crippen molar-refractivity contribution >= 4 is 6.21 Å². The fourth-order valence-electron chi connectivity index (χ4n) is 2.77. The van der Waals surface area contributed by atoms with Crippen LogP contribution in [0.25, 0.3) is 0 Å². The Morgan fingerprint density at radius 1 is 1.18 bits per heavy atom. The van der Waals surface area contributed by atoms with Gasteiger partial charge in [0.1, 0.15) is 18.2 Å². The molecule has 4 rings (SSSR count). The van der Waals surface area contributed by atoms with Gasteiger partial charge in [-0.15, -0.1) is 0 Å². The number of hydrogen-bond acceptors (Lipinski definition) is 6. The van der Waals surface area contributed by atoms with Crippen LogP contribution in [-0.2, 0) is 18.5 Å². The van der Waals surface area contributed by atoms with Gasteiger partial charge in [-0.1, -0.05) is 11.2 Å². The molecule has 7 nitrogen and oxygen atoms in total. The number of rotatable bonds is 6. The van der Waals surface area contributed by atoms with Crippen molar-refractivity contribution < 1.29 is 23.4 Å². The maximum absolute atomic E-state index is 13.1. The van der Waals surface area contributed by atoms with Gasteiger partial charge in [0.25, 0.3) is 0 Å². The zero-order chi connectivity index (χ0) is 19.5. The molecule has 0 unspecified atom stereocenters.